The van der Waals surface area contributed by atoms with Gasteiger partial charge in [0.15, 0.2) is 0 Å². The molecule has 0 aliphatic rings. The molecule has 0 fully saturated rings. The number of carboxylic acids is 1. The second kappa shape index (κ2) is 4.51. The largest absolute Gasteiger partial charge is 0.478 e. The zero-order chi connectivity index (χ0) is 11.6. The molecule has 0 saturated carbocycles. The quantitative estimate of drug-likeness (QED) is 0.817. The maximum Gasteiger partial charge on any atom is 0.339 e. The van der Waals surface area contributed by atoms with Crippen molar-refractivity contribution in [2.75, 3.05) is 7.11 Å². The van der Waals surface area contributed by atoms with E-state index in [1.165, 1.54) is 13.2 Å². The third-order valence-electron chi connectivity index (χ3n) is 1.69. The van der Waals surface area contributed by atoms with E-state index in [1.807, 2.05) is 0 Å². The molecule has 6 heteroatoms. The highest BCUT2D eigenvalue weighted by Crippen LogP contribution is 2.25. The highest BCUT2D eigenvalue weighted by Gasteiger charge is 2.17. The molecule has 0 saturated heterocycles. The lowest BCUT2D eigenvalue weighted by molar-refractivity contribution is 0.0598. The lowest BCUT2D eigenvalue weighted by atomic mass is 10.1. The molecule has 1 rings (SSSR count). The predicted molar refractivity (Wildman–Crippen MR) is 54.8 cm³/mol. The Hall–Kier alpha value is -1.26. The number of carboxylic acid groups (broad SMARTS) is 1. The Bertz CT molecular complexity index is 428. The van der Waals surface area contributed by atoms with E-state index in [4.69, 9.17) is 28.3 Å². The van der Waals surface area contributed by atoms with Gasteiger partial charge in [-0.2, -0.15) is 0 Å². The second-order valence-electron chi connectivity index (χ2n) is 2.61. The summed E-state index contributed by atoms with van der Waals surface area (Å²) in [6.45, 7) is 0. The van der Waals surface area contributed by atoms with Crippen molar-refractivity contribution in [1.82, 2.24) is 0 Å². The van der Waals surface area contributed by atoms with Crippen LogP contribution in [0, 0.1) is 0 Å². The minimum atomic E-state index is -1.21. The molecule has 80 valence electrons. The Morgan fingerprint density at radius 3 is 2.13 bits per heavy atom. The highest BCUT2D eigenvalue weighted by molar-refractivity contribution is 6.37. The standard InChI is InChI=1S/C9H6Cl2O4/c1-15-9(14)5-3-6(10)4(8(12)13)2-7(5)11/h2-3H,1H3,(H,12,13). The lowest BCUT2D eigenvalue weighted by Gasteiger charge is -2.05. The first-order chi connectivity index (χ1) is 6.97. The Morgan fingerprint density at radius 1 is 1.20 bits per heavy atom. The average Bonchev–Trinajstić information content (AvgIpc) is 2.19. The van der Waals surface area contributed by atoms with Crippen molar-refractivity contribution in [2.24, 2.45) is 0 Å². The zero-order valence-corrected chi connectivity index (χ0v) is 9.09. The predicted octanol–water partition coefficient (Wildman–Crippen LogP) is 2.48. The highest BCUT2D eigenvalue weighted by atomic mass is 35.5. The number of halogens is 2. The number of methoxy groups -OCH3 is 1. The summed E-state index contributed by atoms with van der Waals surface area (Å²) in [5.41, 5.74) is -0.122. The summed E-state index contributed by atoms with van der Waals surface area (Å²) in [4.78, 5) is 21.8. The van der Waals surface area contributed by atoms with Crippen molar-refractivity contribution in [3.63, 3.8) is 0 Å². The number of hydrogen-bond acceptors (Lipinski definition) is 3. The number of carbonyl (C=O) groups excluding carboxylic acids is 1. The van der Waals surface area contributed by atoms with Crippen LogP contribution < -0.4 is 0 Å². The van der Waals surface area contributed by atoms with E-state index in [0.717, 1.165) is 6.07 Å². The van der Waals surface area contributed by atoms with E-state index >= 15 is 0 Å². The smallest absolute Gasteiger partial charge is 0.339 e. The molecule has 0 amide bonds. The van der Waals surface area contributed by atoms with Gasteiger partial charge in [-0.1, -0.05) is 23.2 Å². The fourth-order valence-electron chi connectivity index (χ4n) is 0.977. The third-order valence-corrected chi connectivity index (χ3v) is 2.32. The van der Waals surface area contributed by atoms with Crippen molar-refractivity contribution in [2.45, 2.75) is 0 Å². The van der Waals surface area contributed by atoms with Crippen molar-refractivity contribution in [3.05, 3.63) is 33.3 Å². The molecule has 0 aliphatic heterocycles. The number of hydrogen-bond donors (Lipinski definition) is 1. The van der Waals surface area contributed by atoms with E-state index in [0.29, 0.717) is 0 Å². The summed E-state index contributed by atoms with van der Waals surface area (Å²) in [5.74, 6) is -1.88. The number of rotatable bonds is 2. The Morgan fingerprint density at radius 2 is 1.67 bits per heavy atom. The molecule has 0 aliphatic carbocycles. The summed E-state index contributed by atoms with van der Waals surface area (Å²) in [5, 5.41) is 8.64. The number of esters is 1. The van der Waals surface area contributed by atoms with Crippen LogP contribution in [0.3, 0.4) is 0 Å². The number of benzene rings is 1. The molecule has 15 heavy (non-hydrogen) atoms. The maximum atomic E-state index is 11.2. The first-order valence-electron chi connectivity index (χ1n) is 3.78. The molecular weight excluding hydrogens is 243 g/mol. The third kappa shape index (κ3) is 2.40. The second-order valence-corrected chi connectivity index (χ2v) is 3.42. The van der Waals surface area contributed by atoms with E-state index in [2.05, 4.69) is 4.74 Å². The van der Waals surface area contributed by atoms with Crippen molar-refractivity contribution < 1.29 is 19.4 Å². The van der Waals surface area contributed by atoms with E-state index in [9.17, 15) is 9.59 Å². The minimum absolute atomic E-state index is 0.0105. The van der Waals surface area contributed by atoms with Crippen LogP contribution in [0.25, 0.3) is 0 Å². The van der Waals surface area contributed by atoms with Crippen LogP contribution in [0.5, 0.6) is 0 Å². The molecule has 0 bridgehead atoms. The fourth-order valence-corrected chi connectivity index (χ4v) is 1.46. The van der Waals surface area contributed by atoms with Gasteiger partial charge < -0.3 is 9.84 Å². The van der Waals surface area contributed by atoms with Crippen LogP contribution in [-0.2, 0) is 4.74 Å². The molecule has 1 aromatic carbocycles. The lowest BCUT2D eigenvalue weighted by Crippen LogP contribution is -2.05. The van der Waals surface area contributed by atoms with Gasteiger partial charge in [0.25, 0.3) is 0 Å². The van der Waals surface area contributed by atoms with Gasteiger partial charge in [0.05, 0.1) is 28.3 Å². The van der Waals surface area contributed by atoms with Gasteiger partial charge in [0.2, 0.25) is 0 Å². The molecule has 0 heterocycles. The molecule has 0 aromatic heterocycles. The van der Waals surface area contributed by atoms with Crippen LogP contribution >= 0.6 is 23.2 Å². The van der Waals surface area contributed by atoms with Gasteiger partial charge in [-0.3, -0.25) is 0 Å². The van der Waals surface area contributed by atoms with Gasteiger partial charge in [0, 0.05) is 0 Å². The van der Waals surface area contributed by atoms with Gasteiger partial charge in [-0.05, 0) is 12.1 Å². The summed E-state index contributed by atoms with van der Waals surface area (Å²) < 4.78 is 4.44. The number of aromatic carboxylic acids is 1. The monoisotopic (exact) mass is 248 g/mol. The Labute approximate surface area is 95.4 Å². The summed E-state index contributed by atoms with van der Waals surface area (Å²) >= 11 is 11.3. The van der Waals surface area contributed by atoms with Crippen LogP contribution in [0.4, 0.5) is 0 Å². The summed E-state index contributed by atoms with van der Waals surface area (Å²) in [6.07, 6.45) is 0. The molecule has 4 nitrogen and oxygen atoms in total. The molecule has 0 atom stereocenters. The average molecular weight is 249 g/mol. The molecule has 0 unspecified atom stereocenters. The van der Waals surface area contributed by atoms with Crippen LogP contribution in [0.15, 0.2) is 12.1 Å². The van der Waals surface area contributed by atoms with Gasteiger partial charge in [0.1, 0.15) is 0 Å². The minimum Gasteiger partial charge on any atom is -0.478 e. The van der Waals surface area contributed by atoms with Crippen molar-refractivity contribution in [3.8, 4) is 0 Å². The van der Waals surface area contributed by atoms with Gasteiger partial charge in [-0.15, -0.1) is 0 Å². The Kier molecular flexibility index (Phi) is 3.55. The van der Waals surface area contributed by atoms with Crippen LogP contribution in [0.2, 0.25) is 10.0 Å². The van der Waals surface area contributed by atoms with Crippen molar-refractivity contribution in [1.29, 1.82) is 0 Å². The molecule has 1 aromatic rings. The molecule has 1 N–H and O–H groups in total. The molecule has 0 radical (unpaired) electrons. The zero-order valence-electron chi connectivity index (χ0n) is 7.58. The van der Waals surface area contributed by atoms with Gasteiger partial charge >= 0.3 is 11.9 Å². The maximum absolute atomic E-state index is 11.2. The normalized spacial score (nSPS) is 9.80. The Balaban J connectivity index is 3.31. The van der Waals surface area contributed by atoms with E-state index in [-0.39, 0.29) is 21.2 Å². The first-order valence-corrected chi connectivity index (χ1v) is 4.53. The number of carbonyl (C=O) groups is 2. The SMILES string of the molecule is COC(=O)c1cc(Cl)c(C(=O)O)cc1Cl. The fraction of sp³-hybridized carbons (Fsp3) is 0.111. The topological polar surface area (TPSA) is 63.6 Å². The molecular formula is C9H6Cl2O4. The van der Waals surface area contributed by atoms with E-state index < -0.39 is 11.9 Å². The summed E-state index contributed by atoms with van der Waals surface area (Å²) in [6, 6.07) is 2.28. The van der Waals surface area contributed by atoms with E-state index in [1.54, 1.807) is 0 Å². The summed E-state index contributed by atoms with van der Waals surface area (Å²) in [7, 11) is 1.19. The van der Waals surface area contributed by atoms with Crippen LogP contribution in [-0.4, -0.2) is 24.2 Å². The van der Waals surface area contributed by atoms with Gasteiger partial charge in [-0.25, -0.2) is 9.59 Å². The number of ether oxygens (including phenoxy) is 1. The van der Waals surface area contributed by atoms with Crippen molar-refractivity contribution >= 4 is 35.1 Å². The first kappa shape index (κ1) is 11.8. The van der Waals surface area contributed by atoms with Crippen LogP contribution in [0.1, 0.15) is 20.7 Å². The molecule has 0 spiro atoms.